The fourth-order valence-corrected chi connectivity index (χ4v) is 2.94. The fourth-order valence-electron chi connectivity index (χ4n) is 1.86. The van der Waals surface area contributed by atoms with Gasteiger partial charge >= 0.3 is 5.97 Å². The van der Waals surface area contributed by atoms with Gasteiger partial charge in [0.25, 0.3) is 0 Å². The minimum Gasteiger partial charge on any atom is -0.475 e. The number of carboxylic acid groups (broad SMARTS) is 1. The Morgan fingerprint density at radius 3 is 2.74 bits per heavy atom. The quantitative estimate of drug-likeness (QED) is 0.823. The van der Waals surface area contributed by atoms with E-state index in [1.54, 1.807) is 6.07 Å². The Morgan fingerprint density at radius 2 is 2.11 bits per heavy atom. The molecule has 0 radical (unpaired) electrons. The molecule has 1 N–H and O–H groups in total. The predicted octanol–water partition coefficient (Wildman–Crippen LogP) is 0.559. The molecule has 2 rings (SSSR count). The van der Waals surface area contributed by atoms with Gasteiger partial charge in [0.15, 0.2) is 0 Å². The van der Waals surface area contributed by atoms with Gasteiger partial charge in [0.05, 0.1) is 19.0 Å². The lowest BCUT2D eigenvalue weighted by Gasteiger charge is -2.26. The van der Waals surface area contributed by atoms with Crippen LogP contribution in [0.1, 0.15) is 16.3 Å². The van der Waals surface area contributed by atoms with Gasteiger partial charge < -0.3 is 14.3 Å². The number of carboxylic acids is 1. The van der Waals surface area contributed by atoms with Crippen LogP contribution in [0.4, 0.5) is 0 Å². The number of ether oxygens (including phenoxy) is 1. The molecule has 0 spiro atoms. The summed E-state index contributed by atoms with van der Waals surface area (Å²) in [6.07, 6.45) is 0. The molecule has 1 unspecified atom stereocenters. The van der Waals surface area contributed by atoms with E-state index in [0.717, 1.165) is 32.8 Å². The van der Waals surface area contributed by atoms with E-state index in [4.69, 9.17) is 14.3 Å². The van der Waals surface area contributed by atoms with Gasteiger partial charge in [-0.1, -0.05) is 0 Å². The van der Waals surface area contributed by atoms with Gasteiger partial charge in [0, 0.05) is 36.2 Å². The van der Waals surface area contributed by atoms with E-state index in [2.05, 4.69) is 4.90 Å². The molecule has 0 aromatic carbocycles. The van der Waals surface area contributed by atoms with Crippen LogP contribution >= 0.6 is 0 Å². The van der Waals surface area contributed by atoms with Crippen molar-refractivity contribution in [3.63, 3.8) is 0 Å². The third-order valence-electron chi connectivity index (χ3n) is 2.91. The second-order valence-electron chi connectivity index (χ2n) is 4.31. The van der Waals surface area contributed by atoms with Gasteiger partial charge in [-0.25, -0.2) is 4.79 Å². The molecule has 1 aliphatic heterocycles. The van der Waals surface area contributed by atoms with Crippen molar-refractivity contribution in [2.45, 2.75) is 5.75 Å². The SMILES string of the molecule is O=C(O)c1ccc(CS(=O)CCN2CCOCC2)o1. The largest absolute Gasteiger partial charge is 0.475 e. The van der Waals surface area contributed by atoms with Crippen LogP contribution in [0.3, 0.4) is 0 Å². The van der Waals surface area contributed by atoms with E-state index >= 15 is 0 Å². The Hall–Kier alpha value is -1.18. The van der Waals surface area contributed by atoms with Gasteiger partial charge in [-0.2, -0.15) is 0 Å². The molecule has 0 saturated carbocycles. The lowest BCUT2D eigenvalue weighted by atomic mass is 10.4. The third kappa shape index (κ3) is 4.45. The molecule has 0 amide bonds. The first-order valence-corrected chi connectivity index (χ1v) is 7.61. The summed E-state index contributed by atoms with van der Waals surface area (Å²) in [6, 6.07) is 2.95. The highest BCUT2D eigenvalue weighted by atomic mass is 32.2. The molecular weight excluding hydrogens is 270 g/mol. The maximum absolute atomic E-state index is 11.9. The average Bonchev–Trinajstić information content (AvgIpc) is 2.86. The smallest absolute Gasteiger partial charge is 0.371 e. The van der Waals surface area contributed by atoms with E-state index < -0.39 is 16.8 Å². The van der Waals surface area contributed by atoms with Crippen LogP contribution in [0.2, 0.25) is 0 Å². The number of aromatic carboxylic acids is 1. The lowest BCUT2D eigenvalue weighted by molar-refractivity contribution is 0.0409. The van der Waals surface area contributed by atoms with E-state index in [9.17, 15) is 9.00 Å². The van der Waals surface area contributed by atoms with Crippen LogP contribution in [0.25, 0.3) is 0 Å². The zero-order valence-corrected chi connectivity index (χ0v) is 11.4. The van der Waals surface area contributed by atoms with Gasteiger partial charge in [-0.3, -0.25) is 9.11 Å². The summed E-state index contributed by atoms with van der Waals surface area (Å²) in [5.74, 6) is 0.0593. The minimum absolute atomic E-state index is 0.111. The van der Waals surface area contributed by atoms with Gasteiger partial charge in [0.2, 0.25) is 5.76 Å². The van der Waals surface area contributed by atoms with Crippen LogP contribution in [0, 0.1) is 0 Å². The first-order valence-electron chi connectivity index (χ1n) is 6.12. The summed E-state index contributed by atoms with van der Waals surface area (Å²) in [7, 11) is -1.04. The van der Waals surface area contributed by atoms with E-state index in [1.807, 2.05) is 0 Å². The minimum atomic E-state index is -1.11. The number of hydrogen-bond donors (Lipinski definition) is 1. The van der Waals surface area contributed by atoms with Crippen molar-refractivity contribution in [3.8, 4) is 0 Å². The van der Waals surface area contributed by atoms with Crippen LogP contribution in [-0.4, -0.2) is 58.8 Å². The van der Waals surface area contributed by atoms with Crippen LogP contribution in [0.15, 0.2) is 16.5 Å². The van der Waals surface area contributed by atoms with Crippen molar-refractivity contribution >= 4 is 16.8 Å². The summed E-state index contributed by atoms with van der Waals surface area (Å²) >= 11 is 0. The standard InChI is InChI=1S/C12H17NO5S/c14-12(15)11-2-1-10(18-11)9-19(16)8-5-13-3-6-17-7-4-13/h1-2H,3-9H2,(H,14,15). The van der Waals surface area contributed by atoms with Crippen LogP contribution in [-0.2, 0) is 21.3 Å². The molecule has 1 aliphatic rings. The zero-order valence-electron chi connectivity index (χ0n) is 10.5. The van der Waals surface area contributed by atoms with Crippen molar-refractivity contribution < 1.29 is 23.3 Å². The summed E-state index contributed by atoms with van der Waals surface area (Å²) in [6.45, 7) is 3.98. The van der Waals surface area contributed by atoms with E-state index in [-0.39, 0.29) is 11.5 Å². The van der Waals surface area contributed by atoms with Gasteiger partial charge in [0.1, 0.15) is 5.76 Å². The summed E-state index contributed by atoms with van der Waals surface area (Å²) < 4.78 is 22.2. The van der Waals surface area contributed by atoms with Crippen molar-refractivity contribution in [2.24, 2.45) is 0 Å². The van der Waals surface area contributed by atoms with Crippen molar-refractivity contribution in [3.05, 3.63) is 23.7 Å². The number of rotatable bonds is 6. The van der Waals surface area contributed by atoms with Gasteiger partial charge in [-0.15, -0.1) is 0 Å². The van der Waals surface area contributed by atoms with Crippen LogP contribution in [0.5, 0.6) is 0 Å². The summed E-state index contributed by atoms with van der Waals surface area (Å²) in [4.78, 5) is 12.9. The number of carbonyl (C=O) groups is 1. The molecule has 19 heavy (non-hydrogen) atoms. The monoisotopic (exact) mass is 287 g/mol. The van der Waals surface area contributed by atoms with E-state index in [1.165, 1.54) is 6.07 Å². The summed E-state index contributed by atoms with van der Waals surface area (Å²) in [5, 5.41) is 8.72. The molecule has 106 valence electrons. The molecular formula is C12H17NO5S. The summed E-state index contributed by atoms with van der Waals surface area (Å²) in [5.41, 5.74) is 0. The molecule has 2 heterocycles. The number of hydrogen-bond acceptors (Lipinski definition) is 5. The Kier molecular flexibility index (Phi) is 5.12. The number of furan rings is 1. The normalized spacial score (nSPS) is 18.3. The Balaban J connectivity index is 1.75. The fraction of sp³-hybridized carbons (Fsp3) is 0.583. The highest BCUT2D eigenvalue weighted by Gasteiger charge is 2.14. The first-order chi connectivity index (χ1) is 9.15. The van der Waals surface area contributed by atoms with Gasteiger partial charge in [-0.05, 0) is 12.1 Å². The molecule has 1 fully saturated rings. The lowest BCUT2D eigenvalue weighted by Crippen LogP contribution is -2.38. The maximum atomic E-state index is 11.9. The molecule has 1 atom stereocenters. The Labute approximate surface area is 113 Å². The van der Waals surface area contributed by atoms with Crippen molar-refractivity contribution in [2.75, 3.05) is 38.6 Å². The maximum Gasteiger partial charge on any atom is 0.371 e. The predicted molar refractivity (Wildman–Crippen MR) is 69.6 cm³/mol. The zero-order chi connectivity index (χ0) is 13.7. The Morgan fingerprint density at radius 1 is 1.37 bits per heavy atom. The molecule has 0 aliphatic carbocycles. The third-order valence-corrected chi connectivity index (χ3v) is 4.16. The van der Waals surface area contributed by atoms with Crippen molar-refractivity contribution in [1.82, 2.24) is 4.90 Å². The van der Waals surface area contributed by atoms with E-state index in [0.29, 0.717) is 11.5 Å². The molecule has 7 heteroatoms. The molecule has 1 aromatic heterocycles. The molecule has 6 nitrogen and oxygen atoms in total. The second kappa shape index (κ2) is 6.83. The highest BCUT2D eigenvalue weighted by molar-refractivity contribution is 7.84. The van der Waals surface area contributed by atoms with Crippen molar-refractivity contribution in [1.29, 1.82) is 0 Å². The second-order valence-corrected chi connectivity index (χ2v) is 5.89. The average molecular weight is 287 g/mol. The number of morpholine rings is 1. The molecule has 1 saturated heterocycles. The number of nitrogens with zero attached hydrogens (tertiary/aromatic N) is 1. The molecule has 0 bridgehead atoms. The molecule has 1 aromatic rings. The highest BCUT2D eigenvalue weighted by Crippen LogP contribution is 2.10. The first kappa shape index (κ1) is 14.2. The topological polar surface area (TPSA) is 80.0 Å². The Bertz CT molecular complexity index is 453. The van der Waals surface area contributed by atoms with Crippen LogP contribution < -0.4 is 0 Å².